The number of aromatic amines is 1. The number of fused-ring (bicyclic) bond motifs is 1. The lowest BCUT2D eigenvalue weighted by Gasteiger charge is -2.28. The summed E-state index contributed by atoms with van der Waals surface area (Å²) in [5, 5.41) is 0. The van der Waals surface area contributed by atoms with E-state index in [2.05, 4.69) is 24.0 Å². The van der Waals surface area contributed by atoms with Crippen LogP contribution in [0.3, 0.4) is 0 Å². The number of carbonyl (C=O) groups is 1. The molecule has 0 aliphatic heterocycles. The Hall–Kier alpha value is -1.83. The lowest BCUT2D eigenvalue weighted by Crippen LogP contribution is -2.25. The van der Waals surface area contributed by atoms with Crippen LogP contribution in [0.2, 0.25) is 0 Å². The summed E-state index contributed by atoms with van der Waals surface area (Å²) in [6.07, 6.45) is 0.881. The predicted octanol–water partition coefficient (Wildman–Crippen LogP) is 3.46. The Morgan fingerprint density at radius 3 is 2.50 bits per heavy atom. The fourth-order valence-corrected chi connectivity index (χ4v) is 2.76. The molecule has 1 aliphatic carbocycles. The van der Waals surface area contributed by atoms with E-state index in [0.29, 0.717) is 0 Å². The monoisotopic (exact) mass is 239 g/mol. The summed E-state index contributed by atoms with van der Waals surface area (Å²) in [5.41, 5.74) is 6.71. The maximum absolute atomic E-state index is 12.5. The van der Waals surface area contributed by atoms with Gasteiger partial charge in [0.1, 0.15) is 0 Å². The summed E-state index contributed by atoms with van der Waals surface area (Å²) in [6, 6.07) is 8.22. The molecule has 0 saturated heterocycles. The van der Waals surface area contributed by atoms with Crippen LogP contribution in [0.1, 0.15) is 44.4 Å². The van der Waals surface area contributed by atoms with Crippen LogP contribution in [-0.4, -0.2) is 10.8 Å². The molecule has 2 nitrogen and oxygen atoms in total. The number of H-pyrrole nitrogens is 1. The van der Waals surface area contributed by atoms with Gasteiger partial charge in [-0.1, -0.05) is 24.3 Å². The van der Waals surface area contributed by atoms with Gasteiger partial charge in [0, 0.05) is 5.69 Å². The topological polar surface area (TPSA) is 32.9 Å². The van der Waals surface area contributed by atoms with Gasteiger partial charge in [-0.15, -0.1) is 0 Å². The number of hydrogen-bond donors (Lipinski definition) is 1. The second kappa shape index (κ2) is 3.84. The molecule has 1 aromatic carbocycles. The van der Waals surface area contributed by atoms with Crippen molar-refractivity contribution in [2.75, 3.05) is 0 Å². The van der Waals surface area contributed by atoms with Crippen molar-refractivity contribution in [3.05, 3.63) is 57.9 Å². The average Bonchev–Trinajstić information content (AvgIpc) is 2.58. The van der Waals surface area contributed by atoms with E-state index in [1.807, 2.05) is 26.0 Å². The molecule has 1 unspecified atom stereocenters. The Morgan fingerprint density at radius 2 is 1.89 bits per heavy atom. The van der Waals surface area contributed by atoms with Gasteiger partial charge in [-0.2, -0.15) is 0 Å². The number of carbonyl (C=O) groups excluding carboxylic acids is 1. The standard InChI is InChI=1S/C16H17NO/c1-9-10(2)15(17-11(9)3)16(18)14-8-12-6-4-5-7-13(12)14/h4-7,14,17H,8H2,1-3H3. The second-order valence-corrected chi connectivity index (χ2v) is 5.19. The van der Waals surface area contributed by atoms with Crippen LogP contribution >= 0.6 is 0 Å². The van der Waals surface area contributed by atoms with Gasteiger partial charge in [-0.25, -0.2) is 0 Å². The van der Waals surface area contributed by atoms with Gasteiger partial charge in [-0.05, 0) is 49.4 Å². The highest BCUT2D eigenvalue weighted by Gasteiger charge is 2.33. The first kappa shape index (κ1) is 11.3. The Kier molecular flexibility index (Phi) is 2.40. The molecule has 0 saturated carbocycles. The number of Topliss-reactive ketones (excluding diaryl/α,β-unsaturated/α-hetero) is 1. The maximum atomic E-state index is 12.5. The fraction of sp³-hybridized carbons (Fsp3) is 0.312. The first-order valence-electron chi connectivity index (χ1n) is 6.37. The van der Waals surface area contributed by atoms with Crippen molar-refractivity contribution < 1.29 is 4.79 Å². The smallest absolute Gasteiger partial charge is 0.187 e. The van der Waals surface area contributed by atoms with Crippen molar-refractivity contribution in [3.63, 3.8) is 0 Å². The quantitative estimate of drug-likeness (QED) is 0.800. The average molecular weight is 239 g/mol. The molecule has 1 atom stereocenters. The van der Waals surface area contributed by atoms with Crippen LogP contribution in [0.4, 0.5) is 0 Å². The van der Waals surface area contributed by atoms with Gasteiger partial charge >= 0.3 is 0 Å². The second-order valence-electron chi connectivity index (χ2n) is 5.19. The van der Waals surface area contributed by atoms with Crippen LogP contribution in [0, 0.1) is 20.8 Å². The van der Waals surface area contributed by atoms with E-state index in [9.17, 15) is 4.79 Å². The summed E-state index contributed by atoms with van der Waals surface area (Å²) >= 11 is 0. The third kappa shape index (κ3) is 1.45. The third-order valence-corrected chi connectivity index (χ3v) is 4.23. The minimum Gasteiger partial charge on any atom is -0.356 e. The summed E-state index contributed by atoms with van der Waals surface area (Å²) in [6.45, 7) is 6.11. The zero-order valence-electron chi connectivity index (χ0n) is 11.0. The van der Waals surface area contributed by atoms with E-state index in [0.717, 1.165) is 23.4 Å². The van der Waals surface area contributed by atoms with Crippen molar-refractivity contribution in [1.29, 1.82) is 0 Å². The van der Waals surface area contributed by atoms with Gasteiger partial charge < -0.3 is 4.98 Å². The molecule has 18 heavy (non-hydrogen) atoms. The zero-order chi connectivity index (χ0) is 12.9. The molecule has 0 radical (unpaired) electrons. The van der Waals surface area contributed by atoms with E-state index in [1.165, 1.54) is 16.7 Å². The number of aryl methyl sites for hydroxylation is 1. The molecular weight excluding hydrogens is 222 g/mol. The molecule has 92 valence electrons. The fourth-order valence-electron chi connectivity index (χ4n) is 2.76. The summed E-state index contributed by atoms with van der Waals surface area (Å²) in [4.78, 5) is 15.8. The highest BCUT2D eigenvalue weighted by atomic mass is 16.1. The molecule has 2 heteroatoms. The maximum Gasteiger partial charge on any atom is 0.187 e. The molecule has 0 amide bonds. The van der Waals surface area contributed by atoms with E-state index in [-0.39, 0.29) is 11.7 Å². The van der Waals surface area contributed by atoms with Crippen LogP contribution in [-0.2, 0) is 6.42 Å². The lowest BCUT2D eigenvalue weighted by molar-refractivity contribution is 0.0944. The largest absolute Gasteiger partial charge is 0.356 e. The minimum absolute atomic E-state index is 0.0531. The Bertz CT molecular complexity index is 637. The first-order chi connectivity index (χ1) is 8.59. The van der Waals surface area contributed by atoms with Gasteiger partial charge in [0.15, 0.2) is 5.78 Å². The Balaban J connectivity index is 1.96. The van der Waals surface area contributed by atoms with Crippen molar-refractivity contribution in [2.45, 2.75) is 33.1 Å². The Morgan fingerprint density at radius 1 is 1.17 bits per heavy atom. The molecule has 2 aromatic rings. The SMILES string of the molecule is Cc1[nH]c(C(=O)C2Cc3ccccc32)c(C)c1C. The molecule has 0 fully saturated rings. The van der Waals surface area contributed by atoms with Crippen molar-refractivity contribution >= 4 is 5.78 Å². The molecule has 1 aliphatic rings. The number of benzene rings is 1. The molecule has 0 spiro atoms. The first-order valence-corrected chi connectivity index (χ1v) is 6.37. The number of rotatable bonds is 2. The third-order valence-electron chi connectivity index (χ3n) is 4.23. The summed E-state index contributed by atoms with van der Waals surface area (Å²) in [5.74, 6) is 0.291. The number of hydrogen-bond acceptors (Lipinski definition) is 1. The van der Waals surface area contributed by atoms with Gasteiger partial charge in [0.2, 0.25) is 0 Å². The lowest BCUT2D eigenvalue weighted by atomic mass is 9.74. The minimum atomic E-state index is 0.0531. The Labute approximate surface area is 107 Å². The van der Waals surface area contributed by atoms with E-state index in [4.69, 9.17) is 0 Å². The van der Waals surface area contributed by atoms with E-state index >= 15 is 0 Å². The normalized spacial score (nSPS) is 17.2. The van der Waals surface area contributed by atoms with Gasteiger partial charge in [-0.3, -0.25) is 4.79 Å². The van der Waals surface area contributed by atoms with Crippen molar-refractivity contribution in [2.24, 2.45) is 0 Å². The van der Waals surface area contributed by atoms with E-state index in [1.54, 1.807) is 0 Å². The molecular formula is C16H17NO. The molecule has 1 heterocycles. The van der Waals surface area contributed by atoms with E-state index < -0.39 is 0 Å². The molecule has 3 rings (SSSR count). The highest BCUT2D eigenvalue weighted by Crippen LogP contribution is 2.37. The van der Waals surface area contributed by atoms with Crippen molar-refractivity contribution in [3.8, 4) is 0 Å². The van der Waals surface area contributed by atoms with Gasteiger partial charge in [0.05, 0.1) is 11.6 Å². The molecule has 1 aromatic heterocycles. The zero-order valence-corrected chi connectivity index (χ0v) is 11.0. The molecule has 1 N–H and O–H groups in total. The van der Waals surface area contributed by atoms with Crippen LogP contribution in [0.5, 0.6) is 0 Å². The van der Waals surface area contributed by atoms with Crippen LogP contribution in [0.15, 0.2) is 24.3 Å². The summed E-state index contributed by atoms with van der Waals surface area (Å²) in [7, 11) is 0. The van der Waals surface area contributed by atoms with Crippen molar-refractivity contribution in [1.82, 2.24) is 4.98 Å². The van der Waals surface area contributed by atoms with Crippen LogP contribution < -0.4 is 0 Å². The van der Waals surface area contributed by atoms with Crippen LogP contribution in [0.25, 0.3) is 0 Å². The highest BCUT2D eigenvalue weighted by molar-refractivity contribution is 6.02. The number of ketones is 1. The predicted molar refractivity (Wildman–Crippen MR) is 72.2 cm³/mol. The summed E-state index contributed by atoms with van der Waals surface area (Å²) < 4.78 is 0. The molecule has 0 bridgehead atoms. The van der Waals surface area contributed by atoms with Gasteiger partial charge in [0.25, 0.3) is 0 Å². The number of aromatic nitrogens is 1. The number of nitrogens with one attached hydrogen (secondary N) is 1.